The van der Waals surface area contributed by atoms with Crippen LogP contribution in [0, 0.1) is 0 Å². The summed E-state index contributed by atoms with van der Waals surface area (Å²) < 4.78 is 1.85. The Labute approximate surface area is 95.9 Å². The fourth-order valence-corrected chi connectivity index (χ4v) is 2.17. The smallest absolute Gasteiger partial charge is 0.352 e. The van der Waals surface area contributed by atoms with E-state index in [2.05, 4.69) is 4.98 Å². The zero-order valence-electron chi connectivity index (χ0n) is 9.06. The lowest BCUT2D eigenvalue weighted by Crippen LogP contribution is -1.95. The molecule has 17 heavy (non-hydrogen) atoms. The largest absolute Gasteiger partial charge is 0.508 e. The van der Waals surface area contributed by atoms with Gasteiger partial charge in [0.2, 0.25) is 0 Å². The van der Waals surface area contributed by atoms with Crippen molar-refractivity contribution in [2.24, 2.45) is 7.05 Å². The number of phenols is 1. The van der Waals surface area contributed by atoms with Crippen molar-refractivity contribution in [3.05, 3.63) is 30.0 Å². The maximum absolute atomic E-state index is 10.9. The van der Waals surface area contributed by atoms with Crippen LogP contribution in [0.5, 0.6) is 5.75 Å². The van der Waals surface area contributed by atoms with Crippen LogP contribution in [0.1, 0.15) is 10.5 Å². The van der Waals surface area contributed by atoms with Crippen molar-refractivity contribution in [3.8, 4) is 5.75 Å². The molecule has 3 rings (SSSR count). The third-order valence-corrected chi connectivity index (χ3v) is 3.00. The number of nitrogens with one attached hydrogen (secondary N) is 1. The Kier molecular flexibility index (Phi) is 1.75. The first-order valence-electron chi connectivity index (χ1n) is 5.11. The number of phenolic OH excluding ortho intramolecular Hbond substituents is 1. The van der Waals surface area contributed by atoms with Crippen LogP contribution in [0.15, 0.2) is 24.3 Å². The standard InChI is InChI=1S/C12H10N2O3/c1-14-9-4-6(15)2-3-7(9)11-10(14)5-8(13-11)12(16)17/h2-5,13,15H,1H3,(H,16,17). The first-order chi connectivity index (χ1) is 8.08. The molecule has 2 aromatic heterocycles. The second kappa shape index (κ2) is 3.04. The van der Waals surface area contributed by atoms with Crippen molar-refractivity contribution in [3.63, 3.8) is 0 Å². The number of H-pyrrole nitrogens is 1. The number of benzene rings is 1. The first kappa shape index (κ1) is 9.77. The Morgan fingerprint density at radius 3 is 2.76 bits per heavy atom. The highest BCUT2D eigenvalue weighted by atomic mass is 16.4. The summed E-state index contributed by atoms with van der Waals surface area (Å²) in [5.41, 5.74) is 2.62. The van der Waals surface area contributed by atoms with Crippen LogP contribution in [0.25, 0.3) is 21.9 Å². The van der Waals surface area contributed by atoms with Crippen molar-refractivity contribution in [1.82, 2.24) is 9.55 Å². The van der Waals surface area contributed by atoms with Gasteiger partial charge in [0.05, 0.1) is 16.6 Å². The molecule has 0 radical (unpaired) electrons. The first-order valence-corrected chi connectivity index (χ1v) is 5.11. The van der Waals surface area contributed by atoms with Gasteiger partial charge in [-0.3, -0.25) is 0 Å². The zero-order valence-corrected chi connectivity index (χ0v) is 9.06. The van der Waals surface area contributed by atoms with E-state index in [1.54, 1.807) is 24.3 Å². The van der Waals surface area contributed by atoms with Crippen molar-refractivity contribution in [1.29, 1.82) is 0 Å². The summed E-state index contributed by atoms with van der Waals surface area (Å²) in [6.07, 6.45) is 0. The third-order valence-electron chi connectivity index (χ3n) is 3.00. The van der Waals surface area contributed by atoms with E-state index in [1.807, 2.05) is 11.6 Å². The molecular weight excluding hydrogens is 220 g/mol. The second-order valence-corrected chi connectivity index (χ2v) is 4.01. The number of aromatic nitrogens is 2. The molecule has 0 aliphatic rings. The number of fused-ring (bicyclic) bond motifs is 3. The summed E-state index contributed by atoms with van der Waals surface area (Å²) in [5.74, 6) is -0.785. The highest BCUT2D eigenvalue weighted by Crippen LogP contribution is 2.30. The van der Waals surface area contributed by atoms with Crippen LogP contribution in [0.2, 0.25) is 0 Å². The van der Waals surface area contributed by atoms with Gasteiger partial charge in [-0.05, 0) is 18.2 Å². The van der Waals surface area contributed by atoms with Crippen molar-refractivity contribution in [2.75, 3.05) is 0 Å². The molecule has 2 heterocycles. The molecule has 0 amide bonds. The van der Waals surface area contributed by atoms with E-state index in [0.717, 1.165) is 21.9 Å². The Balaban J connectivity index is 2.46. The molecule has 0 fully saturated rings. The molecule has 0 aliphatic heterocycles. The minimum Gasteiger partial charge on any atom is -0.508 e. The zero-order chi connectivity index (χ0) is 12.2. The van der Waals surface area contributed by atoms with E-state index < -0.39 is 5.97 Å². The molecule has 5 nitrogen and oxygen atoms in total. The fourth-order valence-electron chi connectivity index (χ4n) is 2.17. The number of nitrogens with zero attached hydrogens (tertiary/aromatic N) is 1. The molecule has 0 spiro atoms. The van der Waals surface area contributed by atoms with Gasteiger partial charge < -0.3 is 19.8 Å². The molecule has 0 aliphatic carbocycles. The summed E-state index contributed by atoms with van der Waals surface area (Å²) in [6.45, 7) is 0. The number of carbonyl (C=O) groups is 1. The van der Waals surface area contributed by atoms with Gasteiger partial charge >= 0.3 is 5.97 Å². The highest BCUT2D eigenvalue weighted by molar-refractivity contribution is 6.08. The van der Waals surface area contributed by atoms with Crippen LogP contribution in [0.4, 0.5) is 0 Å². The van der Waals surface area contributed by atoms with E-state index in [1.165, 1.54) is 0 Å². The molecule has 1 aromatic carbocycles. The lowest BCUT2D eigenvalue weighted by molar-refractivity contribution is 0.0691. The summed E-state index contributed by atoms with van der Waals surface area (Å²) in [4.78, 5) is 13.8. The van der Waals surface area contributed by atoms with Crippen molar-refractivity contribution < 1.29 is 15.0 Å². The predicted octanol–water partition coefficient (Wildman–Crippen LogP) is 2.06. The molecule has 0 unspecified atom stereocenters. The number of aromatic amines is 1. The van der Waals surface area contributed by atoms with Gasteiger partial charge in [-0.2, -0.15) is 0 Å². The summed E-state index contributed by atoms with van der Waals surface area (Å²) in [6, 6.07) is 6.61. The van der Waals surface area contributed by atoms with Crippen LogP contribution >= 0.6 is 0 Å². The van der Waals surface area contributed by atoms with Gasteiger partial charge in [-0.15, -0.1) is 0 Å². The highest BCUT2D eigenvalue weighted by Gasteiger charge is 2.14. The topological polar surface area (TPSA) is 78.2 Å². The predicted molar refractivity (Wildman–Crippen MR) is 63.4 cm³/mol. The van der Waals surface area contributed by atoms with Crippen LogP contribution < -0.4 is 0 Å². The van der Waals surface area contributed by atoms with Gasteiger partial charge in [-0.1, -0.05) is 0 Å². The number of aromatic carboxylic acids is 1. The fraction of sp³-hybridized carbons (Fsp3) is 0.0833. The Morgan fingerprint density at radius 1 is 1.29 bits per heavy atom. The van der Waals surface area contributed by atoms with Gasteiger partial charge in [0.25, 0.3) is 0 Å². The normalized spacial score (nSPS) is 11.4. The number of carboxylic acid groups (broad SMARTS) is 1. The van der Waals surface area contributed by atoms with Crippen LogP contribution in [-0.4, -0.2) is 25.7 Å². The average molecular weight is 230 g/mol. The summed E-state index contributed by atoms with van der Waals surface area (Å²) in [5, 5.41) is 19.3. The van der Waals surface area contributed by atoms with E-state index in [9.17, 15) is 9.90 Å². The lowest BCUT2D eigenvalue weighted by atomic mass is 10.2. The van der Waals surface area contributed by atoms with E-state index in [0.29, 0.717) is 0 Å². The molecule has 0 atom stereocenters. The molecule has 3 aromatic rings. The number of aromatic hydroxyl groups is 1. The maximum atomic E-state index is 10.9. The number of rotatable bonds is 1. The maximum Gasteiger partial charge on any atom is 0.352 e. The quantitative estimate of drug-likeness (QED) is 0.598. The molecule has 5 heteroatoms. The van der Waals surface area contributed by atoms with E-state index in [-0.39, 0.29) is 11.4 Å². The number of hydrogen-bond donors (Lipinski definition) is 3. The van der Waals surface area contributed by atoms with Crippen LogP contribution in [-0.2, 0) is 7.05 Å². The Bertz CT molecular complexity index is 752. The van der Waals surface area contributed by atoms with Gasteiger partial charge in [0.1, 0.15) is 11.4 Å². The molecule has 0 bridgehead atoms. The Morgan fingerprint density at radius 2 is 2.06 bits per heavy atom. The van der Waals surface area contributed by atoms with E-state index >= 15 is 0 Å². The minimum absolute atomic E-state index is 0.167. The van der Waals surface area contributed by atoms with Crippen LogP contribution in [0.3, 0.4) is 0 Å². The Hall–Kier alpha value is -2.43. The van der Waals surface area contributed by atoms with Gasteiger partial charge in [-0.25, -0.2) is 4.79 Å². The number of hydrogen-bond acceptors (Lipinski definition) is 2. The summed E-state index contributed by atoms with van der Waals surface area (Å²) >= 11 is 0. The van der Waals surface area contributed by atoms with Crippen molar-refractivity contribution >= 4 is 27.9 Å². The minimum atomic E-state index is -0.979. The molecule has 86 valence electrons. The van der Waals surface area contributed by atoms with Crippen molar-refractivity contribution in [2.45, 2.75) is 0 Å². The average Bonchev–Trinajstić information content (AvgIpc) is 2.80. The van der Waals surface area contributed by atoms with Gasteiger partial charge in [0, 0.05) is 18.5 Å². The molecule has 3 N–H and O–H groups in total. The summed E-state index contributed by atoms with van der Waals surface area (Å²) in [7, 11) is 1.84. The number of carboxylic acids is 1. The number of aryl methyl sites for hydroxylation is 1. The molecule has 0 saturated heterocycles. The molecular formula is C12H10N2O3. The second-order valence-electron chi connectivity index (χ2n) is 4.01. The van der Waals surface area contributed by atoms with E-state index in [4.69, 9.17) is 5.11 Å². The third kappa shape index (κ3) is 1.22. The molecule has 0 saturated carbocycles. The monoisotopic (exact) mass is 230 g/mol. The lowest BCUT2D eigenvalue weighted by Gasteiger charge is -1.97. The SMILES string of the molecule is Cn1c2cc(O)ccc2c2[nH]c(C(=O)O)cc21. The van der Waals surface area contributed by atoms with Gasteiger partial charge in [0.15, 0.2) is 0 Å².